The van der Waals surface area contributed by atoms with Gasteiger partial charge in [-0.25, -0.2) is 0 Å². The van der Waals surface area contributed by atoms with E-state index in [-0.39, 0.29) is 0 Å². The molecule has 0 aliphatic carbocycles. The third-order valence-electron chi connectivity index (χ3n) is 3.81. The maximum Gasteiger partial charge on any atom is 0.0714 e. The van der Waals surface area contributed by atoms with Crippen LogP contribution in [0.5, 0.6) is 0 Å². The molecule has 1 aromatic rings. The molecule has 4 heteroatoms. The van der Waals surface area contributed by atoms with E-state index in [4.69, 9.17) is 0 Å². The molecule has 2 rings (SSSR count). The van der Waals surface area contributed by atoms with Crippen molar-refractivity contribution < 1.29 is 5.11 Å². The van der Waals surface area contributed by atoms with E-state index in [0.717, 1.165) is 37.3 Å². The molecule has 0 amide bonds. The molecule has 0 spiro atoms. The summed E-state index contributed by atoms with van der Waals surface area (Å²) in [5.74, 6) is 0.339. The summed E-state index contributed by atoms with van der Waals surface area (Å²) < 4.78 is 1.88. The van der Waals surface area contributed by atoms with Gasteiger partial charge in [0.05, 0.1) is 11.3 Å². The predicted molar refractivity (Wildman–Crippen MR) is 67.9 cm³/mol. The first-order valence-corrected chi connectivity index (χ1v) is 6.41. The van der Waals surface area contributed by atoms with Gasteiger partial charge < -0.3 is 10.4 Å². The zero-order valence-electron chi connectivity index (χ0n) is 11.0. The van der Waals surface area contributed by atoms with Crippen LogP contribution in [0.1, 0.15) is 31.2 Å². The molecule has 2 atom stereocenters. The van der Waals surface area contributed by atoms with E-state index < -0.39 is 5.60 Å². The number of rotatable bonds is 3. The summed E-state index contributed by atoms with van der Waals surface area (Å²) in [5, 5.41) is 18.3. The maximum absolute atomic E-state index is 10.6. The van der Waals surface area contributed by atoms with Gasteiger partial charge in [0.25, 0.3) is 0 Å². The van der Waals surface area contributed by atoms with Gasteiger partial charge in [-0.2, -0.15) is 5.10 Å². The van der Waals surface area contributed by atoms with E-state index in [1.54, 1.807) is 0 Å². The van der Waals surface area contributed by atoms with Crippen molar-refractivity contribution in [1.82, 2.24) is 15.1 Å². The molecule has 0 aromatic carbocycles. The topological polar surface area (TPSA) is 50.1 Å². The van der Waals surface area contributed by atoms with Gasteiger partial charge in [0, 0.05) is 31.6 Å². The first-order valence-electron chi connectivity index (χ1n) is 6.41. The molecule has 1 aliphatic rings. The maximum atomic E-state index is 10.6. The van der Waals surface area contributed by atoms with Gasteiger partial charge in [0.15, 0.2) is 0 Å². The smallest absolute Gasteiger partial charge is 0.0714 e. The molecule has 96 valence electrons. The van der Waals surface area contributed by atoms with E-state index in [0.29, 0.717) is 12.3 Å². The number of piperidine rings is 1. The monoisotopic (exact) mass is 237 g/mol. The molecule has 4 nitrogen and oxygen atoms in total. The standard InChI is InChI=1S/C13H23N3O/c1-10-7-12(16(3)15-10)8-13(2,17)11-5-4-6-14-9-11/h7,11,14,17H,4-6,8-9H2,1-3H3. The van der Waals surface area contributed by atoms with Crippen LogP contribution >= 0.6 is 0 Å². The minimum Gasteiger partial charge on any atom is -0.389 e. The average molecular weight is 237 g/mol. The third-order valence-corrected chi connectivity index (χ3v) is 3.81. The molecule has 0 saturated carbocycles. The Morgan fingerprint density at radius 3 is 2.94 bits per heavy atom. The normalized spacial score (nSPS) is 24.6. The Morgan fingerprint density at radius 1 is 1.65 bits per heavy atom. The Kier molecular flexibility index (Phi) is 3.54. The van der Waals surface area contributed by atoms with Gasteiger partial charge in [0.1, 0.15) is 0 Å². The van der Waals surface area contributed by atoms with E-state index in [9.17, 15) is 5.11 Å². The molecule has 1 aliphatic heterocycles. The molecule has 1 saturated heterocycles. The predicted octanol–water partition coefficient (Wildman–Crippen LogP) is 1.02. The second-order valence-electron chi connectivity index (χ2n) is 5.48. The van der Waals surface area contributed by atoms with Gasteiger partial charge in [-0.15, -0.1) is 0 Å². The van der Waals surface area contributed by atoms with Gasteiger partial charge >= 0.3 is 0 Å². The Morgan fingerprint density at radius 2 is 2.41 bits per heavy atom. The second-order valence-corrected chi connectivity index (χ2v) is 5.48. The highest BCUT2D eigenvalue weighted by atomic mass is 16.3. The quantitative estimate of drug-likeness (QED) is 0.825. The number of nitrogens with zero attached hydrogens (tertiary/aromatic N) is 2. The lowest BCUT2D eigenvalue weighted by molar-refractivity contribution is -0.0116. The third kappa shape index (κ3) is 2.87. The highest BCUT2D eigenvalue weighted by molar-refractivity contribution is 5.12. The Hall–Kier alpha value is -0.870. The molecule has 2 N–H and O–H groups in total. The lowest BCUT2D eigenvalue weighted by Crippen LogP contribution is -2.45. The second kappa shape index (κ2) is 4.78. The van der Waals surface area contributed by atoms with Crippen molar-refractivity contribution in [3.8, 4) is 0 Å². The number of hydrogen-bond acceptors (Lipinski definition) is 3. The Balaban J connectivity index is 2.07. The molecular formula is C13H23N3O. The van der Waals surface area contributed by atoms with Crippen LogP contribution in [0.4, 0.5) is 0 Å². The summed E-state index contributed by atoms with van der Waals surface area (Å²) in [6.45, 7) is 5.94. The Bertz CT molecular complexity index is 378. The molecule has 2 heterocycles. The molecule has 2 unspecified atom stereocenters. The summed E-state index contributed by atoms with van der Waals surface area (Å²) in [4.78, 5) is 0. The van der Waals surface area contributed by atoms with Gasteiger partial charge in [-0.05, 0) is 39.3 Å². The minimum atomic E-state index is -0.645. The van der Waals surface area contributed by atoms with Gasteiger partial charge in [-0.3, -0.25) is 4.68 Å². The number of hydrogen-bond donors (Lipinski definition) is 2. The van der Waals surface area contributed by atoms with Crippen LogP contribution < -0.4 is 5.32 Å². The van der Waals surface area contributed by atoms with E-state index in [2.05, 4.69) is 16.5 Å². The van der Waals surface area contributed by atoms with E-state index in [1.807, 2.05) is 25.6 Å². The number of aromatic nitrogens is 2. The van der Waals surface area contributed by atoms with Crippen molar-refractivity contribution in [3.63, 3.8) is 0 Å². The summed E-state index contributed by atoms with van der Waals surface area (Å²) >= 11 is 0. The van der Waals surface area contributed by atoms with Gasteiger partial charge in [0.2, 0.25) is 0 Å². The number of aryl methyl sites for hydroxylation is 2. The van der Waals surface area contributed by atoms with Crippen LogP contribution in [0.2, 0.25) is 0 Å². The van der Waals surface area contributed by atoms with Crippen molar-refractivity contribution in [1.29, 1.82) is 0 Å². The van der Waals surface area contributed by atoms with Crippen LogP contribution in [0, 0.1) is 12.8 Å². The van der Waals surface area contributed by atoms with Crippen molar-refractivity contribution in [2.24, 2.45) is 13.0 Å². The molecule has 17 heavy (non-hydrogen) atoms. The van der Waals surface area contributed by atoms with Gasteiger partial charge in [-0.1, -0.05) is 0 Å². The fourth-order valence-electron chi connectivity index (χ4n) is 2.72. The molecule has 1 aromatic heterocycles. The molecular weight excluding hydrogens is 214 g/mol. The van der Waals surface area contributed by atoms with Crippen molar-refractivity contribution in [2.45, 2.75) is 38.7 Å². The lowest BCUT2D eigenvalue weighted by Gasteiger charge is -2.36. The lowest BCUT2D eigenvalue weighted by atomic mass is 9.80. The fourth-order valence-corrected chi connectivity index (χ4v) is 2.72. The minimum absolute atomic E-state index is 0.339. The first kappa shape index (κ1) is 12.6. The summed E-state index contributed by atoms with van der Waals surface area (Å²) in [6, 6.07) is 2.06. The largest absolute Gasteiger partial charge is 0.389 e. The molecule has 0 radical (unpaired) electrons. The van der Waals surface area contributed by atoms with Crippen LogP contribution in [-0.2, 0) is 13.5 Å². The van der Waals surface area contributed by atoms with Crippen LogP contribution in [0.25, 0.3) is 0 Å². The highest BCUT2D eigenvalue weighted by Crippen LogP contribution is 2.27. The fraction of sp³-hybridized carbons (Fsp3) is 0.769. The SMILES string of the molecule is Cc1cc(CC(C)(O)C2CCCNC2)n(C)n1. The Labute approximate surface area is 103 Å². The molecule has 1 fully saturated rings. The highest BCUT2D eigenvalue weighted by Gasteiger charge is 2.33. The van der Waals surface area contributed by atoms with Crippen LogP contribution in [-0.4, -0.2) is 33.6 Å². The summed E-state index contributed by atoms with van der Waals surface area (Å²) in [5.41, 5.74) is 1.48. The van der Waals surface area contributed by atoms with Crippen LogP contribution in [0.3, 0.4) is 0 Å². The summed E-state index contributed by atoms with van der Waals surface area (Å²) in [7, 11) is 1.94. The van der Waals surface area contributed by atoms with Crippen molar-refractivity contribution >= 4 is 0 Å². The molecule has 0 bridgehead atoms. The summed E-state index contributed by atoms with van der Waals surface area (Å²) in [6.07, 6.45) is 2.94. The van der Waals surface area contributed by atoms with E-state index >= 15 is 0 Å². The van der Waals surface area contributed by atoms with Crippen LogP contribution in [0.15, 0.2) is 6.07 Å². The first-order chi connectivity index (χ1) is 7.99. The average Bonchev–Trinajstić information content (AvgIpc) is 2.58. The zero-order valence-corrected chi connectivity index (χ0v) is 11.0. The van der Waals surface area contributed by atoms with Crippen molar-refractivity contribution in [2.75, 3.05) is 13.1 Å². The number of nitrogens with one attached hydrogen (secondary N) is 1. The zero-order chi connectivity index (χ0) is 12.5. The van der Waals surface area contributed by atoms with Crippen molar-refractivity contribution in [3.05, 3.63) is 17.5 Å². The number of aliphatic hydroxyl groups is 1. The van der Waals surface area contributed by atoms with E-state index in [1.165, 1.54) is 0 Å².